The monoisotopic (exact) mass is 246 g/mol. The highest BCUT2D eigenvalue weighted by atomic mass is 35.5. The minimum absolute atomic E-state index is 0.389. The fourth-order valence-electron chi connectivity index (χ4n) is 2.51. The van der Waals surface area contributed by atoms with Crippen LogP contribution in [0, 0.1) is 5.92 Å². The van der Waals surface area contributed by atoms with Crippen LogP contribution in [0.25, 0.3) is 0 Å². The van der Waals surface area contributed by atoms with Gasteiger partial charge in [-0.1, -0.05) is 6.92 Å². The molecule has 0 aromatic heterocycles. The van der Waals surface area contributed by atoms with Gasteiger partial charge in [-0.2, -0.15) is 0 Å². The summed E-state index contributed by atoms with van der Waals surface area (Å²) in [5.74, 6) is 0.639. The molecule has 0 radical (unpaired) electrons. The molecule has 0 spiro atoms. The predicted octanol–water partition coefficient (Wildman–Crippen LogP) is 1.27. The van der Waals surface area contributed by atoms with Gasteiger partial charge in [0.1, 0.15) is 0 Å². The maximum Gasteiger partial charge on any atom is 0.0594 e. The highest BCUT2D eigenvalue weighted by Crippen LogP contribution is 2.21. The van der Waals surface area contributed by atoms with Gasteiger partial charge in [-0.15, -0.1) is 11.6 Å². The molecule has 94 valence electrons. The summed E-state index contributed by atoms with van der Waals surface area (Å²) >= 11 is 6.23. The van der Waals surface area contributed by atoms with Gasteiger partial charge in [0.05, 0.1) is 13.2 Å². The summed E-state index contributed by atoms with van der Waals surface area (Å²) in [5, 5.41) is 0.389. The fraction of sp³-hybridized carbons (Fsp3) is 1.00. The van der Waals surface area contributed by atoms with Gasteiger partial charge < -0.3 is 9.64 Å². The van der Waals surface area contributed by atoms with Crippen LogP contribution in [0.15, 0.2) is 0 Å². The van der Waals surface area contributed by atoms with E-state index in [1.807, 2.05) is 0 Å². The van der Waals surface area contributed by atoms with E-state index in [9.17, 15) is 0 Å². The standard InChI is InChI=1S/C12H23ClN2O/c1-11-10-15(3-2-12(11)13)5-4-14-6-8-16-9-7-14/h11-12H,2-10H2,1H3. The number of nitrogens with zero attached hydrogens (tertiary/aromatic N) is 2. The Hall–Kier alpha value is 0.170. The Labute approximate surface area is 104 Å². The van der Waals surface area contributed by atoms with Crippen LogP contribution < -0.4 is 0 Å². The number of alkyl halides is 1. The van der Waals surface area contributed by atoms with Crippen LogP contribution >= 0.6 is 11.6 Å². The molecule has 4 heteroatoms. The van der Waals surface area contributed by atoms with Gasteiger partial charge >= 0.3 is 0 Å². The zero-order chi connectivity index (χ0) is 11.4. The van der Waals surface area contributed by atoms with Crippen LogP contribution in [-0.2, 0) is 4.74 Å². The van der Waals surface area contributed by atoms with E-state index in [1.54, 1.807) is 0 Å². The fourth-order valence-corrected chi connectivity index (χ4v) is 2.69. The third kappa shape index (κ3) is 3.59. The first-order chi connectivity index (χ1) is 7.75. The van der Waals surface area contributed by atoms with E-state index in [2.05, 4.69) is 16.7 Å². The first kappa shape index (κ1) is 12.6. The van der Waals surface area contributed by atoms with E-state index in [4.69, 9.17) is 16.3 Å². The van der Waals surface area contributed by atoms with Crippen molar-refractivity contribution in [3.63, 3.8) is 0 Å². The summed E-state index contributed by atoms with van der Waals surface area (Å²) in [5.41, 5.74) is 0. The molecule has 0 amide bonds. The van der Waals surface area contributed by atoms with E-state index in [1.165, 1.54) is 26.2 Å². The Kier molecular flexibility index (Phi) is 4.89. The Bertz CT molecular complexity index is 209. The molecular weight excluding hydrogens is 224 g/mol. The van der Waals surface area contributed by atoms with Gasteiger partial charge in [-0.25, -0.2) is 0 Å². The molecule has 0 aromatic carbocycles. The van der Waals surface area contributed by atoms with E-state index in [0.717, 1.165) is 32.7 Å². The van der Waals surface area contributed by atoms with Gasteiger partial charge in [0.2, 0.25) is 0 Å². The lowest BCUT2D eigenvalue weighted by Gasteiger charge is -2.36. The molecule has 2 aliphatic heterocycles. The molecule has 0 aromatic rings. The Morgan fingerprint density at radius 3 is 2.50 bits per heavy atom. The van der Waals surface area contributed by atoms with Gasteiger partial charge in [0.15, 0.2) is 0 Å². The number of morpholine rings is 1. The van der Waals surface area contributed by atoms with Crippen molar-refractivity contribution in [3.8, 4) is 0 Å². The van der Waals surface area contributed by atoms with E-state index < -0.39 is 0 Å². The molecule has 2 fully saturated rings. The van der Waals surface area contributed by atoms with Crippen molar-refractivity contribution in [1.82, 2.24) is 9.80 Å². The second-order valence-electron chi connectivity index (χ2n) is 5.04. The summed E-state index contributed by atoms with van der Waals surface area (Å²) < 4.78 is 5.35. The van der Waals surface area contributed by atoms with Crippen molar-refractivity contribution in [3.05, 3.63) is 0 Å². The second-order valence-corrected chi connectivity index (χ2v) is 5.60. The number of rotatable bonds is 3. The van der Waals surface area contributed by atoms with Crippen molar-refractivity contribution >= 4 is 11.6 Å². The average Bonchev–Trinajstić information content (AvgIpc) is 2.32. The van der Waals surface area contributed by atoms with Crippen LogP contribution in [-0.4, -0.2) is 67.7 Å². The maximum atomic E-state index is 6.23. The third-order valence-electron chi connectivity index (χ3n) is 3.72. The topological polar surface area (TPSA) is 15.7 Å². The molecule has 2 atom stereocenters. The molecule has 2 rings (SSSR count). The maximum absolute atomic E-state index is 6.23. The quantitative estimate of drug-likeness (QED) is 0.698. The van der Waals surface area contributed by atoms with Gasteiger partial charge in [0.25, 0.3) is 0 Å². The predicted molar refractivity (Wildman–Crippen MR) is 67.1 cm³/mol. The van der Waals surface area contributed by atoms with E-state index >= 15 is 0 Å². The molecule has 2 saturated heterocycles. The Balaban J connectivity index is 1.65. The summed E-state index contributed by atoms with van der Waals surface area (Å²) in [6.07, 6.45) is 1.14. The van der Waals surface area contributed by atoms with Gasteiger partial charge in [-0.05, 0) is 18.9 Å². The van der Waals surface area contributed by atoms with Gasteiger partial charge in [-0.3, -0.25) is 4.90 Å². The molecule has 2 heterocycles. The molecule has 3 nitrogen and oxygen atoms in total. The highest BCUT2D eigenvalue weighted by molar-refractivity contribution is 6.20. The Morgan fingerprint density at radius 2 is 1.81 bits per heavy atom. The zero-order valence-corrected chi connectivity index (χ0v) is 11.0. The normalized spacial score (nSPS) is 34.1. The third-order valence-corrected chi connectivity index (χ3v) is 4.37. The lowest BCUT2D eigenvalue weighted by Crippen LogP contribution is -2.45. The molecule has 0 N–H and O–H groups in total. The van der Waals surface area contributed by atoms with E-state index in [-0.39, 0.29) is 0 Å². The number of ether oxygens (including phenoxy) is 1. The molecule has 0 bridgehead atoms. The molecule has 0 saturated carbocycles. The van der Waals surface area contributed by atoms with Gasteiger partial charge in [0, 0.05) is 38.1 Å². The number of hydrogen-bond donors (Lipinski definition) is 0. The van der Waals surface area contributed by atoms with Crippen LogP contribution in [0.3, 0.4) is 0 Å². The number of hydrogen-bond acceptors (Lipinski definition) is 3. The smallest absolute Gasteiger partial charge is 0.0594 e. The average molecular weight is 247 g/mol. The largest absolute Gasteiger partial charge is 0.379 e. The van der Waals surface area contributed by atoms with Crippen LogP contribution in [0.1, 0.15) is 13.3 Å². The summed E-state index contributed by atoms with van der Waals surface area (Å²) in [7, 11) is 0. The summed E-state index contributed by atoms with van der Waals surface area (Å²) in [4.78, 5) is 5.06. The van der Waals surface area contributed by atoms with Crippen molar-refractivity contribution in [1.29, 1.82) is 0 Å². The minimum Gasteiger partial charge on any atom is -0.379 e. The number of likely N-dealkylation sites (tertiary alicyclic amines) is 1. The van der Waals surface area contributed by atoms with Crippen LogP contribution in [0.2, 0.25) is 0 Å². The lowest BCUT2D eigenvalue weighted by molar-refractivity contribution is 0.0313. The van der Waals surface area contributed by atoms with Crippen LogP contribution in [0.4, 0.5) is 0 Å². The second kappa shape index (κ2) is 6.20. The molecule has 0 aliphatic carbocycles. The first-order valence-electron chi connectivity index (χ1n) is 6.42. The molecule has 16 heavy (non-hydrogen) atoms. The number of halogens is 1. The molecular formula is C12H23ClN2O. The van der Waals surface area contributed by atoms with Crippen molar-refractivity contribution in [2.75, 3.05) is 52.5 Å². The highest BCUT2D eigenvalue weighted by Gasteiger charge is 2.24. The Morgan fingerprint density at radius 1 is 1.12 bits per heavy atom. The SMILES string of the molecule is CC1CN(CCN2CCOCC2)CCC1Cl. The van der Waals surface area contributed by atoms with E-state index in [0.29, 0.717) is 11.3 Å². The van der Waals surface area contributed by atoms with Crippen LogP contribution in [0.5, 0.6) is 0 Å². The summed E-state index contributed by atoms with van der Waals surface area (Å²) in [6, 6.07) is 0. The number of piperidine rings is 1. The zero-order valence-electron chi connectivity index (χ0n) is 10.2. The minimum atomic E-state index is 0.389. The van der Waals surface area contributed by atoms with Crippen molar-refractivity contribution in [2.24, 2.45) is 5.92 Å². The van der Waals surface area contributed by atoms with Crippen molar-refractivity contribution in [2.45, 2.75) is 18.7 Å². The lowest BCUT2D eigenvalue weighted by atomic mass is 10.00. The van der Waals surface area contributed by atoms with Crippen molar-refractivity contribution < 1.29 is 4.74 Å². The molecule has 2 aliphatic rings. The first-order valence-corrected chi connectivity index (χ1v) is 6.86. The summed E-state index contributed by atoms with van der Waals surface area (Å²) in [6.45, 7) is 11.0. The molecule has 2 unspecified atom stereocenters.